The Hall–Kier alpha value is -1.25. The van der Waals surface area contributed by atoms with Crippen molar-refractivity contribution < 1.29 is 4.21 Å². The Bertz CT molecular complexity index is 555. The van der Waals surface area contributed by atoms with Crippen molar-refractivity contribution >= 4 is 27.2 Å². The zero-order valence-corrected chi connectivity index (χ0v) is 10.7. The fourth-order valence-corrected chi connectivity index (χ4v) is 4.03. The van der Waals surface area contributed by atoms with E-state index in [1.165, 1.54) is 0 Å². The van der Waals surface area contributed by atoms with E-state index in [9.17, 15) is 4.21 Å². The predicted molar refractivity (Wildman–Crippen MR) is 68.8 cm³/mol. The lowest BCUT2D eigenvalue weighted by Crippen LogP contribution is -2.47. The summed E-state index contributed by atoms with van der Waals surface area (Å²) in [6.45, 7) is 0. The first-order valence-corrected chi connectivity index (χ1v) is 7.27. The highest BCUT2D eigenvalue weighted by Crippen LogP contribution is 2.47. The molecule has 1 saturated carbocycles. The van der Waals surface area contributed by atoms with Gasteiger partial charge in [-0.05, 0) is 36.8 Å². The molecule has 0 saturated heterocycles. The van der Waals surface area contributed by atoms with Crippen LogP contribution in [0.4, 0.5) is 0 Å². The van der Waals surface area contributed by atoms with Crippen molar-refractivity contribution in [2.24, 2.45) is 0 Å². The average molecular weight is 270 g/mol. The van der Waals surface area contributed by atoms with Crippen LogP contribution in [0.3, 0.4) is 0 Å². The van der Waals surface area contributed by atoms with Crippen molar-refractivity contribution in [1.82, 2.24) is 9.71 Å². The molecule has 1 aromatic rings. The van der Waals surface area contributed by atoms with Gasteiger partial charge >= 0.3 is 0 Å². The summed E-state index contributed by atoms with van der Waals surface area (Å²) in [6.07, 6.45) is 5.81. The van der Waals surface area contributed by atoms with E-state index < -0.39 is 14.5 Å². The van der Waals surface area contributed by atoms with Gasteiger partial charge in [0.15, 0.2) is 6.19 Å². The molecule has 1 aliphatic rings. The minimum Gasteiger partial charge on any atom is -0.249 e. The lowest BCUT2D eigenvalue weighted by molar-refractivity contribution is 0.357. The van der Waals surface area contributed by atoms with Crippen LogP contribution >= 0.6 is 11.6 Å². The number of pyridine rings is 1. The van der Waals surface area contributed by atoms with Crippen molar-refractivity contribution in [3.63, 3.8) is 0 Å². The Kier molecular flexibility index (Phi) is 3.02. The number of halogens is 1. The van der Waals surface area contributed by atoms with E-state index in [2.05, 4.69) is 15.6 Å². The summed E-state index contributed by atoms with van der Waals surface area (Å²) in [5.41, 5.74) is 0.830. The number of nitriles is 1. The molecular weight excluding hydrogens is 258 g/mol. The molecule has 0 spiro atoms. The molecule has 1 aromatic heterocycles. The molecule has 0 aliphatic heterocycles. The van der Waals surface area contributed by atoms with Gasteiger partial charge in [0.25, 0.3) is 0 Å². The molecule has 1 atom stereocenters. The van der Waals surface area contributed by atoms with Gasteiger partial charge in [-0.2, -0.15) is 5.26 Å². The van der Waals surface area contributed by atoms with E-state index >= 15 is 0 Å². The fraction of sp³-hybridized carbons (Fsp3) is 0.364. The van der Waals surface area contributed by atoms with Crippen LogP contribution in [-0.2, 0) is 14.5 Å². The molecule has 2 rings (SSSR count). The van der Waals surface area contributed by atoms with E-state index in [1.807, 2.05) is 0 Å². The normalized spacial score (nSPS) is 20.7. The monoisotopic (exact) mass is 269 g/mol. The Morgan fingerprint density at radius 3 is 2.71 bits per heavy atom. The SMILES string of the molecule is C=S(=O)(NC#N)C1(c2ccc(Cl)nc2)CCC1. The topological polar surface area (TPSA) is 65.8 Å². The highest BCUT2D eigenvalue weighted by atomic mass is 35.5. The molecule has 0 aromatic carbocycles. The third kappa shape index (κ3) is 1.88. The van der Waals surface area contributed by atoms with E-state index in [4.69, 9.17) is 16.9 Å². The highest BCUT2D eigenvalue weighted by molar-refractivity contribution is 7.99. The van der Waals surface area contributed by atoms with Crippen LogP contribution in [0.25, 0.3) is 0 Å². The summed E-state index contributed by atoms with van der Waals surface area (Å²) in [5.74, 6) is 3.69. The fourth-order valence-electron chi connectivity index (χ4n) is 2.12. The maximum Gasteiger partial charge on any atom is 0.188 e. The van der Waals surface area contributed by atoms with Gasteiger partial charge < -0.3 is 0 Å². The van der Waals surface area contributed by atoms with Gasteiger partial charge in [-0.15, -0.1) is 0 Å². The summed E-state index contributed by atoms with van der Waals surface area (Å²) in [5, 5.41) is 9.05. The van der Waals surface area contributed by atoms with Crippen molar-refractivity contribution in [1.29, 1.82) is 5.26 Å². The molecule has 1 N–H and O–H groups in total. The Labute approximate surface area is 106 Å². The molecule has 0 amide bonds. The summed E-state index contributed by atoms with van der Waals surface area (Å²) in [6, 6.07) is 3.47. The maximum absolute atomic E-state index is 12.5. The second-order valence-corrected chi connectivity index (χ2v) is 6.83. The molecule has 90 valence electrons. The molecule has 0 bridgehead atoms. The zero-order chi connectivity index (χ0) is 12.5. The van der Waals surface area contributed by atoms with Crippen LogP contribution < -0.4 is 4.72 Å². The predicted octanol–water partition coefficient (Wildman–Crippen LogP) is 1.82. The first kappa shape index (κ1) is 12.2. The lowest BCUT2D eigenvalue weighted by atomic mass is 9.79. The largest absolute Gasteiger partial charge is 0.249 e. The molecule has 1 unspecified atom stereocenters. The summed E-state index contributed by atoms with van der Waals surface area (Å²) in [4.78, 5) is 4.00. The summed E-state index contributed by atoms with van der Waals surface area (Å²) >= 11 is 5.73. The molecule has 1 fully saturated rings. The molecule has 6 heteroatoms. The van der Waals surface area contributed by atoms with Crippen LogP contribution in [0, 0.1) is 11.5 Å². The van der Waals surface area contributed by atoms with Crippen LogP contribution in [0.2, 0.25) is 5.15 Å². The van der Waals surface area contributed by atoms with Crippen molar-refractivity contribution in [3.05, 3.63) is 29.0 Å². The van der Waals surface area contributed by atoms with Gasteiger partial charge in [0.05, 0.1) is 14.5 Å². The Morgan fingerprint density at radius 2 is 2.29 bits per heavy atom. The molecule has 17 heavy (non-hydrogen) atoms. The van der Waals surface area contributed by atoms with Crippen LogP contribution in [0.5, 0.6) is 0 Å². The van der Waals surface area contributed by atoms with Gasteiger partial charge in [0.1, 0.15) is 5.15 Å². The molecule has 1 aliphatic carbocycles. The van der Waals surface area contributed by atoms with Crippen LogP contribution in [0.15, 0.2) is 18.3 Å². The standard InChI is InChI=1S/C11H12ClN3OS/c1-17(16,15-8-13)11(5-2-6-11)9-3-4-10(12)14-7-9/h3-4,7H,1-2,5-6H2,(H,15,16). The number of nitrogens with zero attached hydrogens (tertiary/aromatic N) is 2. The molecule has 1 heterocycles. The van der Waals surface area contributed by atoms with Crippen LogP contribution in [0.1, 0.15) is 24.8 Å². The third-order valence-electron chi connectivity index (χ3n) is 3.26. The zero-order valence-electron chi connectivity index (χ0n) is 9.15. The van der Waals surface area contributed by atoms with E-state index in [0.717, 1.165) is 24.8 Å². The van der Waals surface area contributed by atoms with Gasteiger partial charge in [-0.3, -0.25) is 0 Å². The first-order valence-electron chi connectivity index (χ1n) is 5.16. The third-order valence-corrected chi connectivity index (χ3v) is 5.81. The molecular formula is C11H12ClN3OS. The minimum atomic E-state index is -2.70. The van der Waals surface area contributed by atoms with Gasteiger partial charge in [0.2, 0.25) is 0 Å². The number of hydrogen-bond acceptors (Lipinski definition) is 3. The first-order chi connectivity index (χ1) is 8.02. The van der Waals surface area contributed by atoms with Crippen molar-refractivity contribution in [3.8, 4) is 6.19 Å². The van der Waals surface area contributed by atoms with Gasteiger partial charge in [-0.25, -0.2) is 13.9 Å². The summed E-state index contributed by atoms with van der Waals surface area (Å²) < 4.78 is 14.2. The second kappa shape index (κ2) is 4.21. The number of rotatable bonds is 3. The quantitative estimate of drug-likeness (QED) is 0.394. The van der Waals surface area contributed by atoms with E-state index in [-0.39, 0.29) is 0 Å². The number of aromatic nitrogens is 1. The number of nitrogens with one attached hydrogen (secondary N) is 1. The van der Waals surface area contributed by atoms with Gasteiger partial charge in [0, 0.05) is 6.20 Å². The molecule has 0 radical (unpaired) electrons. The second-order valence-electron chi connectivity index (χ2n) is 4.11. The lowest BCUT2D eigenvalue weighted by Gasteiger charge is -2.43. The van der Waals surface area contributed by atoms with E-state index in [1.54, 1.807) is 24.5 Å². The van der Waals surface area contributed by atoms with Crippen molar-refractivity contribution in [2.45, 2.75) is 24.0 Å². The smallest absolute Gasteiger partial charge is 0.188 e. The van der Waals surface area contributed by atoms with E-state index in [0.29, 0.717) is 5.15 Å². The van der Waals surface area contributed by atoms with Gasteiger partial charge in [-0.1, -0.05) is 17.7 Å². The number of hydrogen-bond donors (Lipinski definition) is 1. The molecule has 4 nitrogen and oxygen atoms in total. The van der Waals surface area contributed by atoms with Crippen LogP contribution in [-0.4, -0.2) is 15.1 Å². The maximum atomic E-state index is 12.5. The Balaban J connectivity index is 2.46. The highest BCUT2D eigenvalue weighted by Gasteiger charge is 2.46. The minimum absolute atomic E-state index is 0.395. The average Bonchev–Trinajstić information content (AvgIpc) is 2.18. The summed E-state index contributed by atoms with van der Waals surface area (Å²) in [7, 11) is -2.70. The Morgan fingerprint density at radius 1 is 1.59 bits per heavy atom. The van der Waals surface area contributed by atoms with Crippen molar-refractivity contribution in [2.75, 3.05) is 0 Å².